The lowest BCUT2D eigenvalue weighted by atomic mass is 9.98. The number of hydrogen-bond acceptors (Lipinski definition) is 6. The van der Waals surface area contributed by atoms with Gasteiger partial charge in [0.1, 0.15) is 17.4 Å². The Balaban J connectivity index is 2.18. The van der Waals surface area contributed by atoms with Crippen molar-refractivity contribution in [2.45, 2.75) is 6.92 Å². The Morgan fingerprint density at radius 1 is 1.35 bits per heavy atom. The molecule has 0 radical (unpaired) electrons. The highest BCUT2D eigenvalue weighted by molar-refractivity contribution is 7.92. The Morgan fingerprint density at radius 2 is 2.15 bits per heavy atom. The number of allylic oxidation sites excluding steroid dienone is 2. The first kappa shape index (κ1) is 17.6. The maximum Gasteiger partial charge on any atom is 0.213 e. The van der Waals surface area contributed by atoms with Crippen LogP contribution in [-0.2, 0) is 0 Å². The van der Waals surface area contributed by atoms with Crippen molar-refractivity contribution in [2.24, 2.45) is 0 Å². The molecule has 0 atom stereocenters. The van der Waals surface area contributed by atoms with Gasteiger partial charge in [-0.1, -0.05) is 6.07 Å². The number of aromatic nitrogens is 3. The zero-order valence-corrected chi connectivity index (χ0v) is 14.3. The number of rotatable bonds is 5. The highest BCUT2D eigenvalue weighted by Gasteiger charge is 2.17. The highest BCUT2D eigenvalue weighted by Crippen LogP contribution is 2.24. The summed E-state index contributed by atoms with van der Waals surface area (Å²) in [5.74, 6) is -0.714. The molecule has 0 spiro atoms. The van der Waals surface area contributed by atoms with E-state index in [9.17, 15) is 13.5 Å². The van der Waals surface area contributed by atoms with Gasteiger partial charge >= 0.3 is 0 Å². The predicted octanol–water partition coefficient (Wildman–Crippen LogP) is 3.66. The predicted molar refractivity (Wildman–Crippen MR) is 95.4 cm³/mol. The van der Waals surface area contributed by atoms with E-state index in [-0.39, 0.29) is 23.7 Å². The van der Waals surface area contributed by atoms with Crippen molar-refractivity contribution in [1.82, 2.24) is 19.1 Å². The largest absolute Gasteiger partial charge is 0.306 e. The first-order chi connectivity index (χ1) is 12.5. The molecular formula is C17H12F2N6S. The van der Waals surface area contributed by atoms with Crippen LogP contribution in [0.2, 0.25) is 0 Å². The molecule has 3 aromatic rings. The van der Waals surface area contributed by atoms with Gasteiger partial charge in [0.25, 0.3) is 0 Å². The molecule has 0 unspecified atom stereocenters. The Kier molecular flexibility index (Phi) is 4.95. The van der Waals surface area contributed by atoms with Crippen LogP contribution < -0.4 is 4.72 Å². The quantitative estimate of drug-likeness (QED) is 0.406. The number of imidazole rings is 1. The van der Waals surface area contributed by atoms with Crippen molar-refractivity contribution in [1.29, 1.82) is 10.7 Å². The number of fused-ring (bicyclic) bond motifs is 1. The molecule has 6 nitrogen and oxygen atoms in total. The molecule has 0 amide bonds. The average molecular weight is 370 g/mol. The minimum absolute atomic E-state index is 0.0819. The van der Waals surface area contributed by atoms with Crippen molar-refractivity contribution in [2.75, 3.05) is 0 Å². The minimum atomic E-state index is -0.714. The number of nitriles is 1. The van der Waals surface area contributed by atoms with E-state index < -0.39 is 5.95 Å². The van der Waals surface area contributed by atoms with Crippen LogP contribution in [0.4, 0.5) is 8.28 Å². The fraction of sp³-hybridized carbons (Fsp3) is 0.0588. The summed E-state index contributed by atoms with van der Waals surface area (Å²) in [6.07, 6.45) is 3.06. The third-order valence-corrected chi connectivity index (χ3v) is 4.08. The normalized spacial score (nSPS) is 11.8. The number of hydrogen-bond donors (Lipinski definition) is 2. The molecule has 0 aromatic carbocycles. The second kappa shape index (κ2) is 7.33. The highest BCUT2D eigenvalue weighted by atomic mass is 32.2. The smallest absolute Gasteiger partial charge is 0.213 e. The van der Waals surface area contributed by atoms with E-state index in [2.05, 4.69) is 14.7 Å². The van der Waals surface area contributed by atoms with E-state index in [1.807, 2.05) is 6.07 Å². The van der Waals surface area contributed by atoms with Crippen LogP contribution in [0.15, 0.2) is 48.4 Å². The molecule has 3 aromatic heterocycles. The maximum absolute atomic E-state index is 13.5. The van der Waals surface area contributed by atoms with E-state index in [0.717, 1.165) is 0 Å². The van der Waals surface area contributed by atoms with Crippen molar-refractivity contribution < 1.29 is 8.28 Å². The molecule has 0 saturated carbocycles. The summed E-state index contributed by atoms with van der Waals surface area (Å²) in [4.78, 5) is 7.84. The number of nitrogens with one attached hydrogen (secondary N) is 2. The number of nitrogens with zero attached hydrogens (tertiary/aromatic N) is 4. The summed E-state index contributed by atoms with van der Waals surface area (Å²) in [5.41, 5.74) is 2.12. The van der Waals surface area contributed by atoms with Crippen molar-refractivity contribution >= 4 is 29.3 Å². The lowest BCUT2D eigenvalue weighted by Gasteiger charge is -2.14. The SMILES string of the molecule is C/C(NSF)=C(/C(=N)c1cccc(F)n1)c1ccc2ncc(C#N)n2c1. The molecule has 3 heterocycles. The standard InChI is InChI=1S/C17H12F2N6S/c1-10(24-26-19)16(17(21)13-3-2-4-14(18)23-13)11-5-6-15-22-8-12(7-20)25(15)9-11/h2-6,8-9,21,24H,1H3/b16-10-,21-17?. The van der Waals surface area contributed by atoms with Gasteiger partial charge in [0.15, 0.2) is 12.3 Å². The summed E-state index contributed by atoms with van der Waals surface area (Å²) >= 11 is -0.109. The van der Waals surface area contributed by atoms with Crippen molar-refractivity contribution in [3.8, 4) is 6.07 Å². The monoisotopic (exact) mass is 370 g/mol. The van der Waals surface area contributed by atoms with Crippen LogP contribution in [0.5, 0.6) is 0 Å². The van der Waals surface area contributed by atoms with Crippen LogP contribution in [0, 0.1) is 22.7 Å². The van der Waals surface area contributed by atoms with Crippen LogP contribution in [0.1, 0.15) is 23.9 Å². The van der Waals surface area contributed by atoms with Crippen LogP contribution >= 0.6 is 12.3 Å². The fourth-order valence-corrected chi connectivity index (χ4v) is 2.76. The van der Waals surface area contributed by atoms with Crippen molar-refractivity contribution in [3.05, 3.63) is 71.3 Å². The first-order valence-electron chi connectivity index (χ1n) is 7.39. The van der Waals surface area contributed by atoms with Crippen LogP contribution in [-0.4, -0.2) is 20.1 Å². The molecule has 26 heavy (non-hydrogen) atoms. The molecule has 0 bridgehead atoms. The van der Waals surface area contributed by atoms with Gasteiger partial charge in [-0.25, -0.2) is 9.97 Å². The van der Waals surface area contributed by atoms with Gasteiger partial charge in [0.2, 0.25) is 5.95 Å². The number of halogens is 2. The summed E-state index contributed by atoms with van der Waals surface area (Å²) in [5, 5.41) is 17.6. The molecule has 0 aliphatic carbocycles. The third-order valence-electron chi connectivity index (χ3n) is 3.70. The van der Waals surface area contributed by atoms with Gasteiger partial charge in [-0.05, 0) is 31.2 Å². The second-order valence-corrected chi connectivity index (χ2v) is 5.66. The zero-order valence-electron chi connectivity index (χ0n) is 13.5. The van der Waals surface area contributed by atoms with E-state index in [0.29, 0.717) is 28.2 Å². The maximum atomic E-state index is 13.5. The van der Waals surface area contributed by atoms with Gasteiger partial charge in [0.05, 0.1) is 17.6 Å². The molecule has 0 aliphatic heterocycles. The van der Waals surface area contributed by atoms with Gasteiger partial charge in [-0.15, -0.1) is 3.89 Å². The van der Waals surface area contributed by atoms with Gasteiger partial charge in [-0.2, -0.15) is 9.65 Å². The number of pyridine rings is 2. The fourth-order valence-electron chi connectivity index (χ4n) is 2.54. The lowest BCUT2D eigenvalue weighted by Crippen LogP contribution is -2.13. The first-order valence-corrected chi connectivity index (χ1v) is 8.10. The summed E-state index contributed by atoms with van der Waals surface area (Å²) in [6, 6.07) is 9.53. The molecular weight excluding hydrogens is 358 g/mol. The van der Waals surface area contributed by atoms with E-state index in [1.54, 1.807) is 29.7 Å². The van der Waals surface area contributed by atoms with E-state index in [1.165, 1.54) is 24.4 Å². The van der Waals surface area contributed by atoms with E-state index in [4.69, 9.17) is 5.41 Å². The molecule has 0 aliphatic rings. The van der Waals surface area contributed by atoms with Crippen LogP contribution in [0.25, 0.3) is 11.2 Å². The molecule has 2 N–H and O–H groups in total. The Hall–Kier alpha value is -3.25. The molecule has 0 fully saturated rings. The Bertz CT molecular complexity index is 1070. The summed E-state index contributed by atoms with van der Waals surface area (Å²) < 4.78 is 30.2. The molecule has 0 saturated heterocycles. The third kappa shape index (κ3) is 3.27. The van der Waals surface area contributed by atoms with E-state index >= 15 is 0 Å². The Morgan fingerprint density at radius 3 is 2.85 bits per heavy atom. The molecule has 130 valence electrons. The summed E-state index contributed by atoms with van der Waals surface area (Å²) in [6.45, 7) is 1.60. The molecule has 3 rings (SSSR count). The van der Waals surface area contributed by atoms with Gasteiger partial charge in [-0.3, -0.25) is 9.81 Å². The van der Waals surface area contributed by atoms with Crippen molar-refractivity contribution in [3.63, 3.8) is 0 Å². The Labute approximate surface area is 152 Å². The van der Waals surface area contributed by atoms with Gasteiger partial charge < -0.3 is 4.72 Å². The van der Waals surface area contributed by atoms with Crippen LogP contribution in [0.3, 0.4) is 0 Å². The molecule has 9 heteroatoms. The lowest BCUT2D eigenvalue weighted by molar-refractivity contribution is 0.583. The van der Waals surface area contributed by atoms with Gasteiger partial charge in [0, 0.05) is 23.0 Å². The minimum Gasteiger partial charge on any atom is -0.306 e. The average Bonchev–Trinajstić information content (AvgIpc) is 3.04. The summed E-state index contributed by atoms with van der Waals surface area (Å²) in [7, 11) is 0. The second-order valence-electron chi connectivity index (χ2n) is 5.30. The zero-order chi connectivity index (χ0) is 18.7. The topological polar surface area (TPSA) is 89.9 Å².